The summed E-state index contributed by atoms with van der Waals surface area (Å²) in [6, 6.07) is 0. The third-order valence-electron chi connectivity index (χ3n) is 1.47. The molecule has 1 aromatic rings. The maximum absolute atomic E-state index is 5.71. The topological polar surface area (TPSA) is 35.0 Å². The van der Waals surface area contributed by atoms with Crippen molar-refractivity contribution >= 4 is 11.6 Å². The third kappa shape index (κ3) is 1.43. The Labute approximate surface area is 70.4 Å². The molecule has 0 amide bonds. The number of aromatic nitrogens is 2. The molecule has 1 rings (SSSR count). The predicted octanol–water partition coefficient (Wildman–Crippen LogP) is 1.76. The van der Waals surface area contributed by atoms with Crippen LogP contribution in [-0.2, 0) is 0 Å². The van der Waals surface area contributed by atoms with Gasteiger partial charge in [0.05, 0.1) is 7.11 Å². The van der Waals surface area contributed by atoms with E-state index in [2.05, 4.69) is 10.2 Å². The van der Waals surface area contributed by atoms with Gasteiger partial charge in [-0.2, -0.15) is 5.10 Å². The fraction of sp³-hybridized carbons (Fsp3) is 0.429. The molecule has 0 radical (unpaired) electrons. The Morgan fingerprint density at radius 1 is 1.27 bits per heavy atom. The third-order valence-corrected chi connectivity index (χ3v) is 1.83. The first-order chi connectivity index (χ1) is 5.16. The smallest absolute Gasteiger partial charge is 0.158 e. The molecule has 0 N–H and O–H groups in total. The van der Waals surface area contributed by atoms with Gasteiger partial charge in [-0.05, 0) is 13.8 Å². The quantitative estimate of drug-likeness (QED) is 0.648. The van der Waals surface area contributed by atoms with Crippen LogP contribution in [0, 0.1) is 13.8 Å². The SMILES string of the molecule is COc1c(C)nnc(Cl)c1C. The van der Waals surface area contributed by atoms with Gasteiger partial charge in [0.1, 0.15) is 11.4 Å². The molecule has 0 atom stereocenters. The number of hydrogen-bond donors (Lipinski definition) is 0. The van der Waals surface area contributed by atoms with E-state index < -0.39 is 0 Å². The summed E-state index contributed by atoms with van der Waals surface area (Å²) < 4.78 is 5.07. The van der Waals surface area contributed by atoms with Gasteiger partial charge in [-0.1, -0.05) is 11.6 Å². The number of halogens is 1. The lowest BCUT2D eigenvalue weighted by Gasteiger charge is -2.06. The molecule has 0 spiro atoms. The Morgan fingerprint density at radius 3 is 2.36 bits per heavy atom. The molecule has 0 aliphatic carbocycles. The van der Waals surface area contributed by atoms with Crippen LogP contribution in [-0.4, -0.2) is 17.3 Å². The van der Waals surface area contributed by atoms with Gasteiger partial charge in [0.25, 0.3) is 0 Å². The molecular weight excluding hydrogens is 164 g/mol. The van der Waals surface area contributed by atoms with Crippen LogP contribution in [0.3, 0.4) is 0 Å². The molecule has 60 valence electrons. The second kappa shape index (κ2) is 3.05. The van der Waals surface area contributed by atoms with E-state index in [1.807, 2.05) is 13.8 Å². The molecule has 0 aliphatic heterocycles. The van der Waals surface area contributed by atoms with Crippen molar-refractivity contribution < 1.29 is 4.74 Å². The lowest BCUT2D eigenvalue weighted by molar-refractivity contribution is 0.404. The van der Waals surface area contributed by atoms with Crippen LogP contribution in [0.2, 0.25) is 5.15 Å². The zero-order valence-electron chi connectivity index (χ0n) is 6.68. The minimum absolute atomic E-state index is 0.396. The van der Waals surface area contributed by atoms with Gasteiger partial charge >= 0.3 is 0 Å². The fourth-order valence-electron chi connectivity index (χ4n) is 0.905. The normalized spacial score (nSPS) is 9.82. The molecule has 0 saturated heterocycles. The monoisotopic (exact) mass is 172 g/mol. The number of ether oxygens (including phenoxy) is 1. The molecule has 0 unspecified atom stereocenters. The van der Waals surface area contributed by atoms with Crippen LogP contribution in [0.1, 0.15) is 11.3 Å². The minimum Gasteiger partial charge on any atom is -0.494 e. The maximum atomic E-state index is 5.71. The number of methoxy groups -OCH3 is 1. The van der Waals surface area contributed by atoms with E-state index >= 15 is 0 Å². The van der Waals surface area contributed by atoms with Crippen molar-refractivity contribution in [2.75, 3.05) is 7.11 Å². The van der Waals surface area contributed by atoms with Gasteiger partial charge in [-0.15, -0.1) is 5.10 Å². The second-order valence-corrected chi connectivity index (χ2v) is 2.59. The summed E-state index contributed by atoms with van der Waals surface area (Å²) in [5.41, 5.74) is 1.59. The van der Waals surface area contributed by atoms with E-state index in [0.29, 0.717) is 10.9 Å². The first-order valence-electron chi connectivity index (χ1n) is 3.20. The van der Waals surface area contributed by atoms with Gasteiger partial charge in [0.2, 0.25) is 0 Å². The van der Waals surface area contributed by atoms with Crippen molar-refractivity contribution in [3.63, 3.8) is 0 Å². The van der Waals surface area contributed by atoms with Crippen LogP contribution >= 0.6 is 11.6 Å². The lowest BCUT2D eigenvalue weighted by Crippen LogP contribution is -1.97. The van der Waals surface area contributed by atoms with Crippen LogP contribution in [0.15, 0.2) is 0 Å². The Hall–Kier alpha value is -0.830. The fourth-order valence-corrected chi connectivity index (χ4v) is 1.03. The van der Waals surface area contributed by atoms with E-state index in [1.165, 1.54) is 0 Å². The van der Waals surface area contributed by atoms with Gasteiger partial charge in [0.15, 0.2) is 5.15 Å². The zero-order chi connectivity index (χ0) is 8.43. The summed E-state index contributed by atoms with van der Waals surface area (Å²) in [6.07, 6.45) is 0. The first kappa shape index (κ1) is 8.27. The lowest BCUT2D eigenvalue weighted by atomic mass is 10.2. The predicted molar refractivity (Wildman–Crippen MR) is 43.1 cm³/mol. The van der Waals surface area contributed by atoms with E-state index in [4.69, 9.17) is 16.3 Å². The van der Waals surface area contributed by atoms with E-state index in [9.17, 15) is 0 Å². The average molecular weight is 173 g/mol. The van der Waals surface area contributed by atoms with E-state index in [1.54, 1.807) is 7.11 Å². The zero-order valence-corrected chi connectivity index (χ0v) is 7.44. The first-order valence-corrected chi connectivity index (χ1v) is 3.58. The highest BCUT2D eigenvalue weighted by atomic mass is 35.5. The van der Waals surface area contributed by atoms with Gasteiger partial charge in [-0.3, -0.25) is 0 Å². The van der Waals surface area contributed by atoms with Crippen molar-refractivity contribution in [3.8, 4) is 5.75 Å². The summed E-state index contributed by atoms with van der Waals surface area (Å²) in [5, 5.41) is 7.92. The maximum Gasteiger partial charge on any atom is 0.158 e. The highest BCUT2D eigenvalue weighted by Gasteiger charge is 2.07. The highest BCUT2D eigenvalue weighted by Crippen LogP contribution is 2.24. The van der Waals surface area contributed by atoms with Crippen molar-refractivity contribution in [1.29, 1.82) is 0 Å². The summed E-state index contributed by atoms with van der Waals surface area (Å²) in [5.74, 6) is 0.713. The van der Waals surface area contributed by atoms with E-state index in [-0.39, 0.29) is 0 Å². The van der Waals surface area contributed by atoms with Crippen LogP contribution in [0.5, 0.6) is 5.75 Å². The summed E-state index contributed by atoms with van der Waals surface area (Å²) >= 11 is 5.71. The second-order valence-electron chi connectivity index (χ2n) is 2.23. The molecule has 0 aliphatic rings. The summed E-state index contributed by atoms with van der Waals surface area (Å²) in [7, 11) is 1.59. The minimum atomic E-state index is 0.396. The molecule has 0 saturated carbocycles. The van der Waals surface area contributed by atoms with Gasteiger partial charge in [0, 0.05) is 5.56 Å². The van der Waals surface area contributed by atoms with Crippen LogP contribution < -0.4 is 4.74 Å². The molecule has 3 nitrogen and oxygen atoms in total. The number of hydrogen-bond acceptors (Lipinski definition) is 3. The number of rotatable bonds is 1. The molecule has 1 aromatic heterocycles. The largest absolute Gasteiger partial charge is 0.494 e. The van der Waals surface area contributed by atoms with Crippen molar-refractivity contribution in [1.82, 2.24) is 10.2 Å². The molecule has 4 heteroatoms. The molecule has 0 aromatic carbocycles. The molecule has 0 bridgehead atoms. The highest BCUT2D eigenvalue weighted by molar-refractivity contribution is 6.30. The Bertz CT molecular complexity index is 275. The Morgan fingerprint density at radius 2 is 1.91 bits per heavy atom. The van der Waals surface area contributed by atoms with Crippen LogP contribution in [0.4, 0.5) is 0 Å². The Balaban J connectivity index is 3.29. The molecule has 11 heavy (non-hydrogen) atoms. The Kier molecular flexibility index (Phi) is 2.29. The molecular formula is C7H9ClN2O. The van der Waals surface area contributed by atoms with Crippen LogP contribution in [0.25, 0.3) is 0 Å². The van der Waals surface area contributed by atoms with Crippen molar-refractivity contribution in [2.24, 2.45) is 0 Å². The summed E-state index contributed by atoms with van der Waals surface area (Å²) in [6.45, 7) is 3.68. The summed E-state index contributed by atoms with van der Waals surface area (Å²) in [4.78, 5) is 0. The van der Waals surface area contributed by atoms with Crippen molar-refractivity contribution in [3.05, 3.63) is 16.4 Å². The van der Waals surface area contributed by atoms with E-state index in [0.717, 1.165) is 11.3 Å². The standard InChI is InChI=1S/C7H9ClN2O/c1-4-6(11-3)5(2)9-10-7(4)8/h1-3H3. The molecule has 1 heterocycles. The number of nitrogens with zero attached hydrogens (tertiary/aromatic N) is 2. The molecule has 0 fully saturated rings. The van der Waals surface area contributed by atoms with Gasteiger partial charge < -0.3 is 4.74 Å². The van der Waals surface area contributed by atoms with Crippen molar-refractivity contribution in [2.45, 2.75) is 13.8 Å². The van der Waals surface area contributed by atoms with Gasteiger partial charge in [-0.25, -0.2) is 0 Å². The average Bonchev–Trinajstić information content (AvgIpc) is 1.99. The number of aryl methyl sites for hydroxylation is 1.